The van der Waals surface area contributed by atoms with Gasteiger partial charge in [-0.25, -0.2) is 0 Å². The third kappa shape index (κ3) is 12.7. The van der Waals surface area contributed by atoms with Gasteiger partial charge in [-0.3, -0.25) is 4.79 Å². The number of nitrogens with one attached hydrogen (secondary N) is 1. The molecule has 1 aliphatic rings. The number of hydrogen-bond acceptors (Lipinski definition) is 2. The Morgan fingerprint density at radius 2 is 1.39 bits per heavy atom. The fourth-order valence-corrected chi connectivity index (χ4v) is 4.21. The molecule has 1 aliphatic heterocycles. The van der Waals surface area contributed by atoms with E-state index in [4.69, 9.17) is 0 Å². The van der Waals surface area contributed by atoms with Crippen LogP contribution in [0.2, 0.25) is 0 Å². The van der Waals surface area contributed by atoms with E-state index < -0.39 is 0 Å². The zero-order valence-corrected chi connectivity index (χ0v) is 21.6. The zero-order chi connectivity index (χ0) is 23.4. The van der Waals surface area contributed by atoms with Gasteiger partial charge in [0.25, 0.3) is 0 Å². The molecular weight excluding hydrogens is 380 g/mol. The van der Waals surface area contributed by atoms with Crippen LogP contribution in [0.5, 0.6) is 0 Å². The normalized spacial score (nSPS) is 21.0. The minimum atomic E-state index is 0.276. The van der Waals surface area contributed by atoms with Crippen molar-refractivity contribution in [3.05, 3.63) is 46.6 Å². The van der Waals surface area contributed by atoms with Gasteiger partial charge in [-0.05, 0) is 93.4 Å². The maximum atomic E-state index is 13.1. The second-order valence-corrected chi connectivity index (χ2v) is 10.2. The van der Waals surface area contributed by atoms with Crippen LogP contribution in [0.3, 0.4) is 0 Å². The quantitative estimate of drug-likeness (QED) is 0.360. The zero-order valence-electron chi connectivity index (χ0n) is 21.6. The van der Waals surface area contributed by atoms with Crippen molar-refractivity contribution in [1.82, 2.24) is 10.2 Å². The molecule has 1 saturated heterocycles. The van der Waals surface area contributed by atoms with E-state index in [9.17, 15) is 4.79 Å². The van der Waals surface area contributed by atoms with Gasteiger partial charge in [-0.1, -0.05) is 46.6 Å². The summed E-state index contributed by atoms with van der Waals surface area (Å²) >= 11 is 0. The molecule has 3 atom stereocenters. The molecule has 31 heavy (non-hydrogen) atoms. The lowest BCUT2D eigenvalue weighted by Gasteiger charge is -2.36. The Kier molecular flexibility index (Phi) is 12.8. The first-order valence-electron chi connectivity index (χ1n) is 12.2. The van der Waals surface area contributed by atoms with Gasteiger partial charge < -0.3 is 10.2 Å². The van der Waals surface area contributed by atoms with Crippen molar-refractivity contribution in [2.24, 2.45) is 5.92 Å². The van der Waals surface area contributed by atoms with E-state index in [0.717, 1.165) is 45.2 Å². The number of piperazine rings is 1. The molecule has 3 nitrogen and oxygen atoms in total. The van der Waals surface area contributed by atoms with E-state index in [1.54, 1.807) is 0 Å². The van der Waals surface area contributed by atoms with Crippen LogP contribution in [0, 0.1) is 5.92 Å². The van der Waals surface area contributed by atoms with Crippen molar-refractivity contribution in [2.75, 3.05) is 13.1 Å². The summed E-state index contributed by atoms with van der Waals surface area (Å²) in [6.45, 7) is 19.0. The predicted octanol–water partition coefficient (Wildman–Crippen LogP) is 6.98. The SMILES string of the molecule is CC(C)=CCC/C(C)=C/CC(/C=C(\C)CCC=C(C)C)CC(=O)N1CC(C)NC(C)C1. The molecule has 0 saturated carbocycles. The average molecular weight is 429 g/mol. The van der Waals surface area contributed by atoms with Gasteiger partial charge in [-0.2, -0.15) is 0 Å². The molecule has 0 radical (unpaired) electrons. The first kappa shape index (κ1) is 27.4. The van der Waals surface area contributed by atoms with Gasteiger partial charge in [-0.15, -0.1) is 0 Å². The molecule has 0 spiro atoms. The van der Waals surface area contributed by atoms with Gasteiger partial charge in [0.15, 0.2) is 0 Å². The fraction of sp³-hybridized carbons (Fsp3) is 0.679. The molecule has 0 aromatic rings. The Bertz CT molecular complexity index is 665. The molecule has 0 aromatic heterocycles. The molecule has 1 rings (SSSR count). The highest BCUT2D eigenvalue weighted by atomic mass is 16.2. The van der Waals surface area contributed by atoms with Crippen molar-refractivity contribution in [2.45, 2.75) is 106 Å². The van der Waals surface area contributed by atoms with Crippen molar-refractivity contribution < 1.29 is 4.79 Å². The highest BCUT2D eigenvalue weighted by molar-refractivity contribution is 5.77. The van der Waals surface area contributed by atoms with Gasteiger partial charge in [0, 0.05) is 31.6 Å². The number of amides is 1. The van der Waals surface area contributed by atoms with Crippen LogP contribution in [0.15, 0.2) is 46.6 Å². The molecule has 0 aromatic carbocycles. The van der Waals surface area contributed by atoms with E-state index in [1.807, 2.05) is 0 Å². The molecule has 0 aliphatic carbocycles. The summed E-state index contributed by atoms with van der Waals surface area (Å²) in [4.78, 5) is 15.2. The van der Waals surface area contributed by atoms with Crippen molar-refractivity contribution in [3.63, 3.8) is 0 Å². The molecule has 176 valence electrons. The summed E-state index contributed by atoms with van der Waals surface area (Å²) in [5, 5.41) is 3.52. The number of nitrogens with zero attached hydrogens (tertiary/aromatic N) is 1. The molecule has 1 heterocycles. The highest BCUT2D eigenvalue weighted by Gasteiger charge is 2.25. The number of allylic oxidation sites excluding steroid dienone is 8. The Balaban J connectivity index is 2.82. The van der Waals surface area contributed by atoms with Crippen LogP contribution in [0.4, 0.5) is 0 Å². The van der Waals surface area contributed by atoms with Crippen LogP contribution in [0.25, 0.3) is 0 Å². The smallest absolute Gasteiger partial charge is 0.223 e. The van der Waals surface area contributed by atoms with Crippen LogP contribution in [-0.4, -0.2) is 36.0 Å². The molecule has 1 N–H and O–H groups in total. The number of carbonyl (C=O) groups is 1. The second-order valence-electron chi connectivity index (χ2n) is 10.2. The lowest BCUT2D eigenvalue weighted by molar-refractivity contribution is -0.133. The first-order valence-corrected chi connectivity index (χ1v) is 12.2. The Morgan fingerprint density at radius 1 is 0.871 bits per heavy atom. The minimum Gasteiger partial charge on any atom is -0.340 e. The van der Waals surface area contributed by atoms with E-state index in [-0.39, 0.29) is 5.92 Å². The standard InChI is InChI=1S/C28H48N2O/c1-21(2)11-9-13-23(5)15-16-27(17-24(6)14-10-12-22(3)4)18-28(31)30-19-25(7)29-26(8)20-30/h11-12,15,17,25-27,29H,9-10,13-14,16,18-20H2,1-8H3/b23-15+,24-17+. The summed E-state index contributed by atoms with van der Waals surface area (Å²) in [6, 6.07) is 0.731. The van der Waals surface area contributed by atoms with E-state index in [0.29, 0.717) is 24.4 Å². The largest absolute Gasteiger partial charge is 0.340 e. The summed E-state index contributed by atoms with van der Waals surface area (Å²) in [5.41, 5.74) is 5.57. The molecule has 0 bridgehead atoms. The Labute approximate surface area is 192 Å². The number of carbonyl (C=O) groups excluding carboxylic acids is 1. The summed E-state index contributed by atoms with van der Waals surface area (Å²) in [5.74, 6) is 0.576. The maximum absolute atomic E-state index is 13.1. The monoisotopic (exact) mass is 428 g/mol. The fourth-order valence-electron chi connectivity index (χ4n) is 4.21. The van der Waals surface area contributed by atoms with Crippen molar-refractivity contribution in [3.8, 4) is 0 Å². The summed E-state index contributed by atoms with van der Waals surface area (Å²) in [6.07, 6.45) is 15.2. The van der Waals surface area contributed by atoms with Crippen molar-refractivity contribution in [1.29, 1.82) is 0 Å². The Morgan fingerprint density at radius 3 is 1.90 bits per heavy atom. The third-order valence-electron chi connectivity index (χ3n) is 5.82. The lowest BCUT2D eigenvalue weighted by Crippen LogP contribution is -2.56. The van der Waals surface area contributed by atoms with Crippen molar-refractivity contribution >= 4 is 5.91 Å². The van der Waals surface area contributed by atoms with Crippen LogP contribution >= 0.6 is 0 Å². The van der Waals surface area contributed by atoms with E-state index in [1.165, 1.54) is 22.3 Å². The summed E-state index contributed by atoms with van der Waals surface area (Å²) < 4.78 is 0. The molecule has 1 amide bonds. The highest BCUT2D eigenvalue weighted by Crippen LogP contribution is 2.21. The topological polar surface area (TPSA) is 32.3 Å². The van der Waals surface area contributed by atoms with Crippen LogP contribution in [0.1, 0.15) is 93.9 Å². The van der Waals surface area contributed by atoms with Crippen LogP contribution < -0.4 is 5.32 Å². The average Bonchev–Trinajstić information content (AvgIpc) is 2.64. The van der Waals surface area contributed by atoms with E-state index in [2.05, 4.69) is 89.9 Å². The predicted molar refractivity (Wildman–Crippen MR) is 136 cm³/mol. The number of rotatable bonds is 11. The van der Waals surface area contributed by atoms with Gasteiger partial charge in [0.2, 0.25) is 5.91 Å². The van der Waals surface area contributed by atoms with Gasteiger partial charge in [0.05, 0.1) is 0 Å². The maximum Gasteiger partial charge on any atom is 0.223 e. The van der Waals surface area contributed by atoms with Crippen LogP contribution in [-0.2, 0) is 4.79 Å². The minimum absolute atomic E-state index is 0.276. The Hall–Kier alpha value is -1.61. The second kappa shape index (κ2) is 14.5. The lowest BCUT2D eigenvalue weighted by atomic mass is 9.94. The van der Waals surface area contributed by atoms with Gasteiger partial charge >= 0.3 is 0 Å². The summed E-state index contributed by atoms with van der Waals surface area (Å²) in [7, 11) is 0. The first-order chi connectivity index (χ1) is 14.6. The van der Waals surface area contributed by atoms with E-state index >= 15 is 0 Å². The molecule has 1 fully saturated rings. The third-order valence-corrected chi connectivity index (χ3v) is 5.82. The number of hydrogen-bond donors (Lipinski definition) is 1. The molecular formula is C28H48N2O. The molecule has 3 heteroatoms. The van der Waals surface area contributed by atoms with Gasteiger partial charge in [0.1, 0.15) is 0 Å². The molecule has 3 unspecified atom stereocenters.